The Bertz CT molecular complexity index is 1290. The van der Waals surface area contributed by atoms with Crippen molar-refractivity contribution in [3.05, 3.63) is 78.0 Å². The van der Waals surface area contributed by atoms with Crippen molar-refractivity contribution >= 4 is 11.9 Å². The number of piperidine rings is 1. The van der Waals surface area contributed by atoms with Gasteiger partial charge in [0.15, 0.2) is 5.69 Å². The molecule has 0 radical (unpaired) electrons. The van der Waals surface area contributed by atoms with E-state index in [0.29, 0.717) is 38.7 Å². The summed E-state index contributed by atoms with van der Waals surface area (Å²) in [6, 6.07) is 17.8. The summed E-state index contributed by atoms with van der Waals surface area (Å²) >= 11 is 0. The number of rotatable bonds is 12. The topological polar surface area (TPSA) is 97.6 Å². The van der Waals surface area contributed by atoms with Crippen molar-refractivity contribution < 1.29 is 28.2 Å². The van der Waals surface area contributed by atoms with E-state index in [4.69, 9.17) is 18.6 Å². The SMILES string of the molecule is CCOC(=O)C1CCCN(C(=O)c2coc(CN(CCN3CCOCC3)Cc3cccc(Oc4ccccc4)c3)n2)C1. The summed E-state index contributed by atoms with van der Waals surface area (Å²) in [6.07, 6.45) is 2.91. The molecule has 42 heavy (non-hydrogen) atoms. The summed E-state index contributed by atoms with van der Waals surface area (Å²) in [5.41, 5.74) is 1.37. The minimum absolute atomic E-state index is 0.218. The zero-order valence-corrected chi connectivity index (χ0v) is 24.3. The van der Waals surface area contributed by atoms with Crippen LogP contribution < -0.4 is 4.74 Å². The van der Waals surface area contributed by atoms with E-state index >= 15 is 0 Å². The molecule has 2 aliphatic rings. The number of esters is 1. The molecule has 1 amide bonds. The third-order valence-electron chi connectivity index (χ3n) is 7.58. The van der Waals surface area contributed by atoms with E-state index in [2.05, 4.69) is 26.9 Å². The van der Waals surface area contributed by atoms with E-state index in [9.17, 15) is 9.59 Å². The van der Waals surface area contributed by atoms with Crippen LogP contribution in [0.4, 0.5) is 0 Å². The molecule has 1 atom stereocenters. The van der Waals surface area contributed by atoms with Gasteiger partial charge in [0.05, 0.1) is 32.3 Å². The maximum atomic E-state index is 13.2. The first-order valence-corrected chi connectivity index (χ1v) is 14.8. The molecule has 224 valence electrons. The zero-order valence-electron chi connectivity index (χ0n) is 24.3. The quantitative estimate of drug-likeness (QED) is 0.294. The average Bonchev–Trinajstić information content (AvgIpc) is 3.49. The normalized spacial score (nSPS) is 17.8. The summed E-state index contributed by atoms with van der Waals surface area (Å²) in [4.78, 5) is 36.4. The molecule has 3 heterocycles. The third kappa shape index (κ3) is 8.40. The standard InChI is InChI=1S/C32H40N4O6/c1-2-40-32(38)26-9-7-13-36(22-26)31(37)29-24-41-30(33-29)23-35(15-14-34-16-18-39-19-17-34)21-25-8-6-12-28(20-25)42-27-10-4-3-5-11-27/h3-6,8,10-12,20,24,26H,2,7,9,13-19,21-23H2,1H3. The number of hydrogen-bond donors (Lipinski definition) is 0. The van der Waals surface area contributed by atoms with Crippen molar-refractivity contribution in [2.75, 3.05) is 59.1 Å². The van der Waals surface area contributed by atoms with Gasteiger partial charge in [-0.2, -0.15) is 0 Å². The summed E-state index contributed by atoms with van der Waals surface area (Å²) in [7, 11) is 0. The van der Waals surface area contributed by atoms with Crippen LogP contribution in [0.5, 0.6) is 11.5 Å². The number of nitrogens with zero attached hydrogens (tertiary/aromatic N) is 4. The molecule has 2 saturated heterocycles. The van der Waals surface area contributed by atoms with Gasteiger partial charge in [0.25, 0.3) is 5.91 Å². The van der Waals surface area contributed by atoms with Crippen LogP contribution in [0.25, 0.3) is 0 Å². The molecule has 2 fully saturated rings. The van der Waals surface area contributed by atoms with Crippen molar-refractivity contribution in [2.24, 2.45) is 5.92 Å². The molecule has 10 heteroatoms. The van der Waals surface area contributed by atoms with Gasteiger partial charge in [-0.05, 0) is 49.6 Å². The van der Waals surface area contributed by atoms with Crippen LogP contribution in [0, 0.1) is 5.92 Å². The highest BCUT2D eigenvalue weighted by Gasteiger charge is 2.31. The molecule has 0 spiro atoms. The van der Waals surface area contributed by atoms with Crippen LogP contribution in [0.3, 0.4) is 0 Å². The van der Waals surface area contributed by atoms with Crippen molar-refractivity contribution in [1.82, 2.24) is 19.7 Å². The molecule has 1 unspecified atom stereocenters. The van der Waals surface area contributed by atoms with Gasteiger partial charge in [0, 0.05) is 45.8 Å². The number of morpholine rings is 1. The summed E-state index contributed by atoms with van der Waals surface area (Å²) in [5, 5.41) is 0. The molecule has 1 aromatic heterocycles. The van der Waals surface area contributed by atoms with Crippen molar-refractivity contribution in [1.29, 1.82) is 0 Å². The fraction of sp³-hybridized carbons (Fsp3) is 0.469. The Labute approximate surface area is 247 Å². The number of aromatic nitrogens is 1. The maximum absolute atomic E-state index is 13.2. The molecule has 0 bridgehead atoms. The molecular weight excluding hydrogens is 536 g/mol. The van der Waals surface area contributed by atoms with Gasteiger partial charge in [-0.3, -0.25) is 19.4 Å². The molecule has 0 N–H and O–H groups in total. The lowest BCUT2D eigenvalue weighted by atomic mass is 9.98. The number of hydrogen-bond acceptors (Lipinski definition) is 9. The number of carbonyl (C=O) groups excluding carboxylic acids is 2. The number of oxazole rings is 1. The molecule has 0 aliphatic carbocycles. The molecule has 5 rings (SSSR count). The lowest BCUT2D eigenvalue weighted by molar-refractivity contribution is -0.149. The fourth-order valence-corrected chi connectivity index (χ4v) is 5.36. The Kier molecular flexibility index (Phi) is 10.6. The van der Waals surface area contributed by atoms with Crippen molar-refractivity contribution in [3.63, 3.8) is 0 Å². The first-order chi connectivity index (χ1) is 20.6. The van der Waals surface area contributed by atoms with Gasteiger partial charge in [-0.1, -0.05) is 30.3 Å². The van der Waals surface area contributed by atoms with Crippen LogP contribution in [0.1, 0.15) is 41.7 Å². The molecule has 2 aliphatic heterocycles. The number of amides is 1. The van der Waals surface area contributed by atoms with E-state index < -0.39 is 0 Å². The van der Waals surface area contributed by atoms with Gasteiger partial charge >= 0.3 is 5.97 Å². The molecule has 10 nitrogen and oxygen atoms in total. The average molecular weight is 577 g/mol. The van der Waals surface area contributed by atoms with Gasteiger partial charge in [0.1, 0.15) is 17.8 Å². The van der Waals surface area contributed by atoms with Crippen LogP contribution in [0.2, 0.25) is 0 Å². The maximum Gasteiger partial charge on any atom is 0.310 e. The van der Waals surface area contributed by atoms with Gasteiger partial charge < -0.3 is 23.5 Å². The first kappa shape index (κ1) is 29.8. The zero-order chi connectivity index (χ0) is 29.1. The van der Waals surface area contributed by atoms with E-state index in [-0.39, 0.29) is 23.5 Å². The van der Waals surface area contributed by atoms with Crippen LogP contribution >= 0.6 is 0 Å². The highest BCUT2D eigenvalue weighted by atomic mass is 16.5. The number of likely N-dealkylation sites (tertiary alicyclic amines) is 1. The number of benzene rings is 2. The second kappa shape index (κ2) is 14.9. The Morgan fingerprint density at radius 1 is 1.02 bits per heavy atom. The predicted octanol–water partition coefficient (Wildman–Crippen LogP) is 4.22. The second-order valence-electron chi connectivity index (χ2n) is 10.7. The smallest absolute Gasteiger partial charge is 0.310 e. The minimum Gasteiger partial charge on any atom is -0.466 e. The number of carbonyl (C=O) groups is 2. The molecule has 2 aromatic carbocycles. The van der Waals surface area contributed by atoms with Gasteiger partial charge in [-0.15, -0.1) is 0 Å². The monoisotopic (exact) mass is 576 g/mol. The Morgan fingerprint density at radius 2 is 1.83 bits per heavy atom. The second-order valence-corrected chi connectivity index (χ2v) is 10.7. The van der Waals surface area contributed by atoms with E-state index in [1.807, 2.05) is 42.5 Å². The van der Waals surface area contributed by atoms with Crippen molar-refractivity contribution in [3.8, 4) is 11.5 Å². The van der Waals surface area contributed by atoms with E-state index in [1.54, 1.807) is 11.8 Å². The lowest BCUT2D eigenvalue weighted by Crippen LogP contribution is -2.43. The first-order valence-electron chi connectivity index (χ1n) is 14.8. The Morgan fingerprint density at radius 3 is 2.64 bits per heavy atom. The predicted molar refractivity (Wildman–Crippen MR) is 156 cm³/mol. The van der Waals surface area contributed by atoms with Crippen molar-refractivity contribution in [2.45, 2.75) is 32.9 Å². The highest BCUT2D eigenvalue weighted by molar-refractivity contribution is 5.92. The molecular formula is C32H40N4O6. The Hall–Kier alpha value is -3.73. The number of para-hydroxylation sites is 1. The highest BCUT2D eigenvalue weighted by Crippen LogP contribution is 2.24. The summed E-state index contributed by atoms with van der Waals surface area (Å²) < 4.78 is 22.5. The van der Waals surface area contributed by atoms with Crippen LogP contribution in [-0.2, 0) is 27.4 Å². The summed E-state index contributed by atoms with van der Waals surface area (Å²) in [6.45, 7) is 9.17. The molecule has 0 saturated carbocycles. The molecule has 3 aromatic rings. The van der Waals surface area contributed by atoms with E-state index in [0.717, 1.165) is 69.3 Å². The van der Waals surface area contributed by atoms with Crippen LogP contribution in [-0.4, -0.2) is 90.6 Å². The van der Waals surface area contributed by atoms with Gasteiger partial charge in [0.2, 0.25) is 5.89 Å². The van der Waals surface area contributed by atoms with E-state index in [1.165, 1.54) is 6.26 Å². The lowest BCUT2D eigenvalue weighted by Gasteiger charge is -2.30. The van der Waals surface area contributed by atoms with Crippen LogP contribution in [0.15, 0.2) is 65.3 Å². The fourth-order valence-electron chi connectivity index (χ4n) is 5.36. The number of ether oxygens (including phenoxy) is 3. The minimum atomic E-state index is -0.300. The van der Waals surface area contributed by atoms with Gasteiger partial charge in [-0.25, -0.2) is 4.98 Å². The largest absolute Gasteiger partial charge is 0.466 e. The third-order valence-corrected chi connectivity index (χ3v) is 7.58. The Balaban J connectivity index is 1.24. The summed E-state index contributed by atoms with van der Waals surface area (Å²) in [5.74, 6) is 1.29.